The molecule has 2 aliphatic rings. The van der Waals surface area contributed by atoms with Gasteiger partial charge in [-0.25, -0.2) is 0 Å². The third kappa shape index (κ3) is 6.06. The van der Waals surface area contributed by atoms with Crippen LogP contribution in [0.15, 0.2) is 117 Å². The van der Waals surface area contributed by atoms with E-state index in [9.17, 15) is 19.2 Å². The van der Waals surface area contributed by atoms with E-state index in [0.29, 0.717) is 11.4 Å². The van der Waals surface area contributed by atoms with E-state index in [1.54, 1.807) is 47.8 Å². The minimum Gasteiger partial charge on any atom is -0.457 e. The van der Waals surface area contributed by atoms with Crippen LogP contribution >= 0.6 is 23.5 Å². The average molecular weight is 581 g/mol. The molecule has 0 saturated carbocycles. The molecule has 2 aliphatic heterocycles. The minimum atomic E-state index is -0.152. The molecule has 6 rings (SSSR count). The summed E-state index contributed by atoms with van der Waals surface area (Å²) in [5.41, 5.74) is 1.22. The van der Waals surface area contributed by atoms with E-state index < -0.39 is 0 Å². The van der Waals surface area contributed by atoms with Gasteiger partial charge in [-0.2, -0.15) is 0 Å². The van der Waals surface area contributed by atoms with Crippen LogP contribution in [-0.4, -0.2) is 23.6 Å². The van der Waals surface area contributed by atoms with Crippen LogP contribution in [0, 0.1) is 0 Å². The second kappa shape index (κ2) is 11.6. The van der Waals surface area contributed by atoms with Crippen LogP contribution in [0.4, 0.5) is 11.4 Å². The van der Waals surface area contributed by atoms with Crippen molar-refractivity contribution >= 4 is 58.5 Å². The molecule has 0 radical (unpaired) electrons. The summed E-state index contributed by atoms with van der Waals surface area (Å²) < 4.78 is 6.02. The van der Waals surface area contributed by atoms with Gasteiger partial charge in [-0.15, -0.1) is 0 Å². The van der Waals surface area contributed by atoms with E-state index >= 15 is 0 Å². The van der Waals surface area contributed by atoms with E-state index in [0.717, 1.165) is 31.1 Å². The van der Waals surface area contributed by atoms with Crippen molar-refractivity contribution in [1.29, 1.82) is 0 Å². The van der Waals surface area contributed by atoms with E-state index in [-0.39, 0.29) is 49.3 Å². The number of rotatable bonds is 8. The highest BCUT2D eigenvalue weighted by Gasteiger charge is 2.31. The van der Waals surface area contributed by atoms with Crippen molar-refractivity contribution in [2.24, 2.45) is 0 Å². The third-order valence-corrected chi connectivity index (χ3v) is 8.68. The van der Waals surface area contributed by atoms with Gasteiger partial charge in [0.2, 0.25) is 23.6 Å². The Balaban J connectivity index is 1.02. The molecule has 7 nitrogen and oxygen atoms in total. The molecule has 0 N–H and O–H groups in total. The molecule has 41 heavy (non-hydrogen) atoms. The number of amides is 4. The van der Waals surface area contributed by atoms with Crippen molar-refractivity contribution in [3.8, 4) is 11.5 Å². The molecule has 9 heteroatoms. The highest BCUT2D eigenvalue weighted by atomic mass is 32.2. The average Bonchev–Trinajstić information content (AvgIpc) is 3.50. The molecule has 0 aliphatic carbocycles. The molecule has 4 aromatic carbocycles. The zero-order valence-corrected chi connectivity index (χ0v) is 23.5. The summed E-state index contributed by atoms with van der Waals surface area (Å²) in [4.78, 5) is 54.4. The van der Waals surface area contributed by atoms with Crippen LogP contribution in [0.5, 0.6) is 11.5 Å². The van der Waals surface area contributed by atoms with Crippen LogP contribution in [0.2, 0.25) is 0 Å². The fourth-order valence-electron chi connectivity index (χ4n) is 4.62. The fraction of sp³-hybridized carbons (Fsp3) is 0.125. The monoisotopic (exact) mass is 580 g/mol. The fourth-order valence-corrected chi connectivity index (χ4v) is 6.25. The summed E-state index contributed by atoms with van der Waals surface area (Å²) in [6.07, 6.45) is 1.10. The SMILES string of the molecule is O=C1CCC(=O)N1c1ccc(Sc2ccc(Oc3ccc(Sc4ccc(N5C(=O)CCC5=O)cc4)cc3)cc2)cc1. The molecule has 0 aromatic heterocycles. The quantitative estimate of drug-likeness (QED) is 0.206. The molecule has 2 heterocycles. The molecule has 0 bridgehead atoms. The summed E-state index contributed by atoms with van der Waals surface area (Å²) in [5.74, 6) is 0.834. The van der Waals surface area contributed by atoms with Crippen molar-refractivity contribution in [2.75, 3.05) is 9.80 Å². The summed E-state index contributed by atoms with van der Waals surface area (Å²) in [6.45, 7) is 0. The van der Waals surface area contributed by atoms with Crippen molar-refractivity contribution in [1.82, 2.24) is 0 Å². The molecule has 0 spiro atoms. The van der Waals surface area contributed by atoms with Gasteiger partial charge in [0.25, 0.3) is 0 Å². The highest BCUT2D eigenvalue weighted by Crippen LogP contribution is 2.34. The summed E-state index contributed by atoms with van der Waals surface area (Å²) in [5, 5.41) is 0. The molecule has 4 aromatic rings. The number of carbonyl (C=O) groups is 4. The second-order valence-corrected chi connectivity index (χ2v) is 11.8. The van der Waals surface area contributed by atoms with Crippen LogP contribution in [-0.2, 0) is 19.2 Å². The molecule has 4 amide bonds. The highest BCUT2D eigenvalue weighted by molar-refractivity contribution is 7.99. The number of benzene rings is 4. The van der Waals surface area contributed by atoms with Crippen molar-refractivity contribution in [3.63, 3.8) is 0 Å². The van der Waals surface area contributed by atoms with E-state index in [1.165, 1.54) is 9.80 Å². The predicted octanol–water partition coefficient (Wildman–Crippen LogP) is 7.09. The van der Waals surface area contributed by atoms with Gasteiger partial charge in [-0.1, -0.05) is 23.5 Å². The summed E-state index contributed by atoms with van der Waals surface area (Å²) in [6, 6.07) is 30.4. The largest absolute Gasteiger partial charge is 0.457 e. The van der Waals surface area contributed by atoms with Gasteiger partial charge in [0, 0.05) is 45.3 Å². The molecular formula is C32H24N2O5S2. The second-order valence-electron chi connectivity index (χ2n) is 9.48. The lowest BCUT2D eigenvalue weighted by molar-refractivity contribution is -0.122. The van der Waals surface area contributed by atoms with Crippen molar-refractivity contribution < 1.29 is 23.9 Å². The zero-order chi connectivity index (χ0) is 28.3. The first-order valence-corrected chi connectivity index (χ1v) is 14.7. The number of hydrogen-bond acceptors (Lipinski definition) is 7. The van der Waals surface area contributed by atoms with Crippen LogP contribution in [0.1, 0.15) is 25.7 Å². The van der Waals surface area contributed by atoms with Gasteiger partial charge in [-0.3, -0.25) is 29.0 Å². The summed E-state index contributed by atoms with van der Waals surface area (Å²) in [7, 11) is 0. The Morgan fingerprint density at radius 1 is 0.415 bits per heavy atom. The lowest BCUT2D eigenvalue weighted by Crippen LogP contribution is -2.28. The molecule has 0 unspecified atom stereocenters. The lowest BCUT2D eigenvalue weighted by Gasteiger charge is -2.14. The van der Waals surface area contributed by atoms with Crippen molar-refractivity contribution in [3.05, 3.63) is 97.1 Å². The smallest absolute Gasteiger partial charge is 0.234 e. The van der Waals surface area contributed by atoms with Crippen LogP contribution in [0.3, 0.4) is 0 Å². The van der Waals surface area contributed by atoms with Crippen molar-refractivity contribution in [2.45, 2.75) is 45.3 Å². The van der Waals surface area contributed by atoms with Gasteiger partial charge in [0.05, 0.1) is 11.4 Å². The van der Waals surface area contributed by atoms with Gasteiger partial charge in [0.15, 0.2) is 0 Å². The predicted molar refractivity (Wildman–Crippen MR) is 158 cm³/mol. The molecule has 2 fully saturated rings. The Bertz CT molecular complexity index is 1460. The Morgan fingerprint density at radius 3 is 0.976 bits per heavy atom. The topological polar surface area (TPSA) is 84.0 Å². The zero-order valence-electron chi connectivity index (χ0n) is 21.8. The first kappa shape index (κ1) is 26.9. The number of ether oxygens (including phenoxy) is 1. The maximum Gasteiger partial charge on any atom is 0.234 e. The maximum atomic E-state index is 11.9. The lowest BCUT2D eigenvalue weighted by atomic mass is 10.3. The van der Waals surface area contributed by atoms with E-state index in [4.69, 9.17) is 4.74 Å². The Morgan fingerprint density at radius 2 is 0.683 bits per heavy atom. The number of imide groups is 2. The Hall–Kier alpha value is -4.34. The first-order valence-electron chi connectivity index (χ1n) is 13.1. The summed E-state index contributed by atoms with van der Waals surface area (Å²) >= 11 is 3.17. The van der Waals surface area contributed by atoms with Crippen LogP contribution < -0.4 is 14.5 Å². The Kier molecular flexibility index (Phi) is 7.63. The van der Waals surface area contributed by atoms with Crippen LogP contribution in [0.25, 0.3) is 0 Å². The molecule has 204 valence electrons. The third-order valence-electron chi connectivity index (χ3n) is 6.65. The maximum absolute atomic E-state index is 11.9. The number of anilines is 2. The van der Waals surface area contributed by atoms with Gasteiger partial charge >= 0.3 is 0 Å². The number of hydrogen-bond donors (Lipinski definition) is 0. The number of nitrogens with zero attached hydrogens (tertiary/aromatic N) is 2. The van der Waals surface area contributed by atoms with Gasteiger partial charge in [-0.05, 0) is 97.1 Å². The van der Waals surface area contributed by atoms with E-state index in [2.05, 4.69) is 0 Å². The first-order chi connectivity index (χ1) is 19.9. The number of carbonyl (C=O) groups excluding carboxylic acids is 4. The Labute approximate surface area is 245 Å². The van der Waals surface area contributed by atoms with Gasteiger partial charge < -0.3 is 4.74 Å². The van der Waals surface area contributed by atoms with E-state index in [1.807, 2.05) is 72.8 Å². The molecule has 0 atom stereocenters. The molecule has 2 saturated heterocycles. The molecular weight excluding hydrogens is 556 g/mol. The van der Waals surface area contributed by atoms with Gasteiger partial charge in [0.1, 0.15) is 11.5 Å². The normalized spacial score (nSPS) is 15.2. The minimum absolute atomic E-state index is 0.152. The standard InChI is InChI=1S/C32H24N2O5S2/c35-29-17-18-30(36)33(29)21-1-9-25(10-2-21)40-27-13-5-23(6-14-27)39-24-7-15-28(16-8-24)41-26-11-3-22(4-12-26)34-31(37)19-20-32(34)38/h1-16H,17-20H2.